The standard InChI is InChI=1S/C27H36F3N3O3S/c1-17-15-21(24(34)35)16-18(2)22(17)8-14-37-33-12-10-26(11-13-33)25(36)31-23(32-26)20-5-3-19(4-6-20)7-9-27(28,29)30/h15-16,19-20H,3-14H2,1-2H3,(H,34,35)(H,31,32,36). The Labute approximate surface area is 220 Å². The lowest BCUT2D eigenvalue weighted by Crippen LogP contribution is -2.47. The number of rotatable bonds is 8. The maximum Gasteiger partial charge on any atom is 0.389 e. The summed E-state index contributed by atoms with van der Waals surface area (Å²) in [6.45, 7) is 5.42. The topological polar surface area (TPSA) is 82.0 Å². The second-order valence-corrected chi connectivity index (χ2v) is 11.9. The van der Waals surface area contributed by atoms with E-state index in [0.29, 0.717) is 18.4 Å². The highest BCUT2D eigenvalue weighted by Crippen LogP contribution is 2.38. The summed E-state index contributed by atoms with van der Waals surface area (Å²) in [5, 5.41) is 12.3. The first-order chi connectivity index (χ1) is 17.5. The lowest BCUT2D eigenvalue weighted by Gasteiger charge is -2.34. The van der Waals surface area contributed by atoms with Gasteiger partial charge in [-0.15, -0.1) is 0 Å². The molecule has 1 saturated heterocycles. The minimum Gasteiger partial charge on any atom is -0.478 e. The molecule has 1 saturated carbocycles. The van der Waals surface area contributed by atoms with Gasteiger partial charge in [-0.25, -0.2) is 4.79 Å². The van der Waals surface area contributed by atoms with Crippen LogP contribution in [-0.2, 0) is 11.2 Å². The number of carbonyl (C=O) groups is 2. The summed E-state index contributed by atoms with van der Waals surface area (Å²) in [5.41, 5.74) is 2.78. The van der Waals surface area contributed by atoms with Gasteiger partial charge in [-0.05, 0) is 100.0 Å². The average molecular weight is 540 g/mol. The van der Waals surface area contributed by atoms with Crippen LogP contribution in [0.25, 0.3) is 0 Å². The normalized spacial score (nSPS) is 24.2. The molecule has 10 heteroatoms. The Hall–Kier alpha value is -2.07. The zero-order chi connectivity index (χ0) is 26.8. The molecule has 1 aromatic rings. The third-order valence-corrected chi connectivity index (χ3v) is 9.30. The van der Waals surface area contributed by atoms with E-state index in [4.69, 9.17) is 4.99 Å². The van der Waals surface area contributed by atoms with Crippen molar-refractivity contribution in [3.05, 3.63) is 34.4 Å². The zero-order valence-corrected chi connectivity index (χ0v) is 22.3. The number of carbonyl (C=O) groups excluding carboxylic acids is 1. The number of hydrogen-bond donors (Lipinski definition) is 2. The number of halogens is 3. The van der Waals surface area contributed by atoms with Gasteiger partial charge in [-0.1, -0.05) is 11.9 Å². The lowest BCUT2D eigenvalue weighted by molar-refractivity contribution is -0.138. The summed E-state index contributed by atoms with van der Waals surface area (Å²) in [5.74, 6) is 0.917. The molecule has 1 amide bonds. The third-order valence-electron chi connectivity index (χ3n) is 8.19. The van der Waals surface area contributed by atoms with E-state index in [1.165, 1.54) is 5.56 Å². The molecule has 6 nitrogen and oxygen atoms in total. The number of amidine groups is 1. The molecule has 0 unspecified atom stereocenters. The fraction of sp³-hybridized carbons (Fsp3) is 0.667. The number of nitrogens with one attached hydrogen (secondary N) is 1. The number of nitrogens with zero attached hydrogens (tertiary/aromatic N) is 2. The first-order valence-corrected chi connectivity index (χ1v) is 14.1. The number of aryl methyl sites for hydroxylation is 2. The van der Waals surface area contributed by atoms with Crippen LogP contribution in [0.2, 0.25) is 0 Å². The predicted octanol–water partition coefficient (Wildman–Crippen LogP) is 5.70. The second kappa shape index (κ2) is 11.4. The summed E-state index contributed by atoms with van der Waals surface area (Å²) < 4.78 is 39.9. The molecule has 3 aliphatic rings. The number of carboxylic acids is 1. The molecule has 1 aromatic carbocycles. The van der Waals surface area contributed by atoms with Crippen molar-refractivity contribution < 1.29 is 27.9 Å². The van der Waals surface area contributed by atoms with Gasteiger partial charge in [0, 0.05) is 31.2 Å². The van der Waals surface area contributed by atoms with Crippen molar-refractivity contribution >= 4 is 29.7 Å². The van der Waals surface area contributed by atoms with Crippen molar-refractivity contribution in [2.75, 3.05) is 18.8 Å². The van der Waals surface area contributed by atoms with Crippen LogP contribution < -0.4 is 5.32 Å². The van der Waals surface area contributed by atoms with E-state index in [1.807, 2.05) is 13.8 Å². The Morgan fingerprint density at radius 3 is 2.35 bits per heavy atom. The number of hydrogen-bond acceptors (Lipinski definition) is 5. The third kappa shape index (κ3) is 6.88. The summed E-state index contributed by atoms with van der Waals surface area (Å²) in [4.78, 5) is 29.1. The predicted molar refractivity (Wildman–Crippen MR) is 139 cm³/mol. The van der Waals surface area contributed by atoms with Crippen LogP contribution in [0.1, 0.15) is 78.4 Å². The van der Waals surface area contributed by atoms with Gasteiger partial charge in [0.05, 0.1) is 5.56 Å². The molecule has 2 heterocycles. The van der Waals surface area contributed by atoms with E-state index in [-0.39, 0.29) is 24.2 Å². The fourth-order valence-corrected chi connectivity index (χ4v) is 6.93. The zero-order valence-electron chi connectivity index (χ0n) is 21.5. The van der Waals surface area contributed by atoms with Gasteiger partial charge in [-0.2, -0.15) is 13.2 Å². The van der Waals surface area contributed by atoms with Crippen LogP contribution in [-0.4, -0.2) is 57.7 Å². The molecule has 1 aliphatic carbocycles. The van der Waals surface area contributed by atoms with Gasteiger partial charge in [0.1, 0.15) is 11.4 Å². The molecule has 0 bridgehead atoms. The maximum atomic E-state index is 12.9. The van der Waals surface area contributed by atoms with E-state index in [2.05, 4.69) is 9.62 Å². The van der Waals surface area contributed by atoms with Crippen molar-refractivity contribution in [3.63, 3.8) is 0 Å². The molecule has 2 fully saturated rings. The lowest BCUT2D eigenvalue weighted by atomic mass is 9.79. The van der Waals surface area contributed by atoms with Crippen molar-refractivity contribution in [1.82, 2.24) is 9.62 Å². The van der Waals surface area contributed by atoms with E-state index in [9.17, 15) is 27.9 Å². The second-order valence-electron chi connectivity index (χ2n) is 10.8. The largest absolute Gasteiger partial charge is 0.478 e. The molecule has 204 valence electrons. The number of aliphatic imine (C=N–C) groups is 1. The number of piperidine rings is 1. The van der Waals surface area contributed by atoms with Gasteiger partial charge in [0.25, 0.3) is 5.91 Å². The van der Waals surface area contributed by atoms with E-state index >= 15 is 0 Å². The monoisotopic (exact) mass is 539 g/mol. The number of benzene rings is 1. The van der Waals surface area contributed by atoms with E-state index < -0.39 is 24.1 Å². The van der Waals surface area contributed by atoms with Gasteiger partial charge >= 0.3 is 12.1 Å². The highest BCUT2D eigenvalue weighted by atomic mass is 32.2. The smallest absolute Gasteiger partial charge is 0.389 e. The Morgan fingerprint density at radius 2 is 1.78 bits per heavy atom. The number of amides is 1. The van der Waals surface area contributed by atoms with Crippen LogP contribution in [0.3, 0.4) is 0 Å². The number of alkyl halides is 3. The highest BCUT2D eigenvalue weighted by molar-refractivity contribution is 7.97. The fourth-order valence-electron chi connectivity index (χ4n) is 5.94. The van der Waals surface area contributed by atoms with Gasteiger partial charge < -0.3 is 10.4 Å². The van der Waals surface area contributed by atoms with Gasteiger partial charge in [-0.3, -0.25) is 14.1 Å². The summed E-state index contributed by atoms with van der Waals surface area (Å²) in [7, 11) is 0. The van der Waals surface area contributed by atoms with Crippen molar-refractivity contribution in [1.29, 1.82) is 0 Å². The quantitative estimate of drug-likeness (QED) is 0.414. The molecule has 0 radical (unpaired) electrons. The first-order valence-electron chi connectivity index (χ1n) is 13.1. The molecule has 0 aromatic heterocycles. The van der Waals surface area contributed by atoms with E-state index in [0.717, 1.165) is 67.9 Å². The molecule has 4 rings (SSSR count). The Kier molecular flexibility index (Phi) is 8.58. The molecular formula is C27H36F3N3O3S. The first kappa shape index (κ1) is 28.0. The summed E-state index contributed by atoms with van der Waals surface area (Å²) in [6, 6.07) is 3.45. The minimum absolute atomic E-state index is 0.0314. The minimum atomic E-state index is -4.09. The van der Waals surface area contributed by atoms with Crippen LogP contribution in [0, 0.1) is 25.7 Å². The van der Waals surface area contributed by atoms with Crippen molar-refractivity contribution in [3.8, 4) is 0 Å². The van der Waals surface area contributed by atoms with Gasteiger partial charge in [0.15, 0.2) is 0 Å². The van der Waals surface area contributed by atoms with E-state index in [1.54, 1.807) is 24.1 Å². The van der Waals surface area contributed by atoms with Crippen molar-refractivity contribution in [2.45, 2.75) is 83.4 Å². The number of carboxylic acid groups (broad SMARTS) is 1. The highest BCUT2D eigenvalue weighted by Gasteiger charge is 2.47. The molecule has 1 spiro atoms. The summed E-state index contributed by atoms with van der Waals surface area (Å²) >= 11 is 1.76. The number of aromatic carboxylic acids is 1. The molecule has 2 aliphatic heterocycles. The van der Waals surface area contributed by atoms with Crippen molar-refractivity contribution in [2.24, 2.45) is 16.8 Å². The van der Waals surface area contributed by atoms with Gasteiger partial charge in [0.2, 0.25) is 0 Å². The summed E-state index contributed by atoms with van der Waals surface area (Å²) in [6.07, 6.45) is 0.619. The van der Waals surface area contributed by atoms with Crippen LogP contribution in [0.4, 0.5) is 13.2 Å². The Bertz CT molecular complexity index is 1020. The van der Waals surface area contributed by atoms with Crippen LogP contribution >= 0.6 is 11.9 Å². The average Bonchev–Trinajstić information content (AvgIpc) is 3.16. The Balaban J connectivity index is 1.24. The Morgan fingerprint density at radius 1 is 1.16 bits per heavy atom. The molecule has 0 atom stereocenters. The van der Waals surface area contributed by atoms with Crippen LogP contribution in [0.15, 0.2) is 17.1 Å². The maximum absolute atomic E-state index is 12.9. The molecular weight excluding hydrogens is 503 g/mol. The molecule has 37 heavy (non-hydrogen) atoms. The molecule has 2 N–H and O–H groups in total. The SMILES string of the molecule is Cc1cc(C(=O)O)cc(C)c1CCSN1CCC2(CC1)N=C(C1CCC(CCC(F)(F)F)CC1)NC2=O. The van der Waals surface area contributed by atoms with Crippen LogP contribution in [0.5, 0.6) is 0 Å².